The third-order valence-corrected chi connectivity index (χ3v) is 5.36. The van der Waals surface area contributed by atoms with E-state index < -0.39 is 5.97 Å². The van der Waals surface area contributed by atoms with Crippen molar-refractivity contribution in [2.45, 2.75) is 13.3 Å². The molecule has 0 atom stereocenters. The Bertz CT molecular complexity index is 1050. The van der Waals surface area contributed by atoms with Crippen molar-refractivity contribution in [3.63, 3.8) is 0 Å². The van der Waals surface area contributed by atoms with Crippen LogP contribution in [-0.2, 0) is 20.7 Å². The summed E-state index contributed by atoms with van der Waals surface area (Å²) in [5, 5.41) is 0.224. The van der Waals surface area contributed by atoms with Crippen molar-refractivity contribution in [2.75, 3.05) is 25.3 Å². The fraction of sp³-hybridized carbons (Fsp3) is 0.227. The molecule has 0 unspecified atom stereocenters. The third-order valence-electron chi connectivity index (χ3n) is 4.95. The van der Waals surface area contributed by atoms with E-state index in [1.54, 1.807) is 18.2 Å². The molecule has 2 aromatic rings. The topological polar surface area (TPSA) is 68.3 Å². The lowest BCUT2D eigenvalue weighted by Crippen LogP contribution is -2.35. The van der Waals surface area contributed by atoms with E-state index in [4.69, 9.17) is 26.4 Å². The highest BCUT2D eigenvalue weighted by Crippen LogP contribution is 2.34. The van der Waals surface area contributed by atoms with E-state index >= 15 is 0 Å². The fourth-order valence-corrected chi connectivity index (χ4v) is 3.65. The highest BCUT2D eigenvalue weighted by atomic mass is 32.1. The average molecular weight is 424 g/mol. The average Bonchev–Trinajstić information content (AvgIpc) is 3.32. The molecule has 0 spiro atoms. The maximum Gasteiger partial charge on any atom is 0.325 e. The number of esters is 1. The van der Waals surface area contributed by atoms with Crippen LogP contribution in [0.25, 0.3) is 6.08 Å². The van der Waals surface area contributed by atoms with Crippen LogP contribution >= 0.6 is 12.2 Å². The van der Waals surface area contributed by atoms with Gasteiger partial charge >= 0.3 is 5.97 Å². The quantitative estimate of drug-likeness (QED) is 0.415. The van der Waals surface area contributed by atoms with Gasteiger partial charge in [-0.05, 0) is 60.1 Å². The van der Waals surface area contributed by atoms with Gasteiger partial charge in [0.1, 0.15) is 12.2 Å². The first-order valence-corrected chi connectivity index (χ1v) is 9.85. The summed E-state index contributed by atoms with van der Waals surface area (Å²) in [4.78, 5) is 28.2. The van der Waals surface area contributed by atoms with Gasteiger partial charge in [-0.25, -0.2) is 0 Å². The molecule has 30 heavy (non-hydrogen) atoms. The van der Waals surface area contributed by atoms with Crippen LogP contribution in [0.15, 0.2) is 48.2 Å². The molecule has 4 rings (SSSR count). The van der Waals surface area contributed by atoms with Gasteiger partial charge in [0.05, 0.1) is 12.8 Å². The Morgan fingerprint density at radius 1 is 1.17 bits per heavy atom. The van der Waals surface area contributed by atoms with Crippen LogP contribution in [0.4, 0.5) is 5.69 Å². The SMILES string of the molecule is CCc1ccc(N2C(=O)C(=Cc3ccc4c(c3)OCO4)N(CC(=O)OC)C2=S)cc1. The van der Waals surface area contributed by atoms with Gasteiger partial charge in [0.15, 0.2) is 16.6 Å². The molecule has 0 aromatic heterocycles. The van der Waals surface area contributed by atoms with E-state index in [2.05, 4.69) is 6.92 Å². The predicted molar refractivity (Wildman–Crippen MR) is 115 cm³/mol. The van der Waals surface area contributed by atoms with Gasteiger partial charge in [-0.3, -0.25) is 14.5 Å². The Morgan fingerprint density at radius 2 is 1.90 bits per heavy atom. The Labute approximate surface area is 179 Å². The van der Waals surface area contributed by atoms with Crippen LogP contribution in [0.1, 0.15) is 18.1 Å². The number of rotatable bonds is 5. The van der Waals surface area contributed by atoms with Gasteiger partial charge in [0, 0.05) is 0 Å². The number of carbonyl (C=O) groups excluding carboxylic acids is 2. The Balaban J connectivity index is 1.73. The fourth-order valence-electron chi connectivity index (χ4n) is 3.30. The maximum absolute atomic E-state index is 13.3. The van der Waals surface area contributed by atoms with E-state index in [9.17, 15) is 9.59 Å². The minimum absolute atomic E-state index is 0.161. The van der Waals surface area contributed by atoms with E-state index in [1.807, 2.05) is 30.3 Å². The summed E-state index contributed by atoms with van der Waals surface area (Å²) < 4.78 is 15.5. The summed E-state index contributed by atoms with van der Waals surface area (Å²) in [7, 11) is 1.30. The molecule has 7 nitrogen and oxygen atoms in total. The zero-order valence-corrected chi connectivity index (χ0v) is 17.4. The van der Waals surface area contributed by atoms with E-state index in [1.165, 1.54) is 16.9 Å². The monoisotopic (exact) mass is 424 g/mol. The van der Waals surface area contributed by atoms with Gasteiger partial charge in [-0.1, -0.05) is 25.1 Å². The molecule has 2 aliphatic heterocycles. The lowest BCUT2D eigenvalue weighted by atomic mass is 10.1. The minimum Gasteiger partial charge on any atom is -0.468 e. The largest absolute Gasteiger partial charge is 0.468 e. The molecule has 0 N–H and O–H groups in total. The number of nitrogens with zero attached hydrogens (tertiary/aromatic N) is 2. The van der Waals surface area contributed by atoms with Gasteiger partial charge in [0.25, 0.3) is 5.91 Å². The zero-order chi connectivity index (χ0) is 21.3. The van der Waals surface area contributed by atoms with Crippen LogP contribution in [-0.4, -0.2) is 42.3 Å². The molecule has 2 heterocycles. The van der Waals surface area contributed by atoms with Crippen LogP contribution in [0, 0.1) is 0 Å². The molecule has 1 saturated heterocycles. The molecule has 0 saturated carbocycles. The van der Waals surface area contributed by atoms with Crippen LogP contribution in [0.2, 0.25) is 0 Å². The molecular weight excluding hydrogens is 404 g/mol. The number of hydrogen-bond donors (Lipinski definition) is 0. The van der Waals surface area contributed by atoms with Crippen LogP contribution in [0.5, 0.6) is 11.5 Å². The Hall–Kier alpha value is -3.39. The summed E-state index contributed by atoms with van der Waals surface area (Å²) >= 11 is 5.56. The number of fused-ring (bicyclic) bond motifs is 1. The maximum atomic E-state index is 13.3. The molecule has 0 bridgehead atoms. The zero-order valence-electron chi connectivity index (χ0n) is 16.6. The van der Waals surface area contributed by atoms with E-state index in [-0.39, 0.29) is 30.1 Å². The molecule has 0 aliphatic carbocycles. The molecule has 0 radical (unpaired) electrons. The number of methoxy groups -OCH3 is 1. The lowest BCUT2D eigenvalue weighted by Gasteiger charge is -2.19. The number of ether oxygens (including phenoxy) is 3. The highest BCUT2D eigenvalue weighted by molar-refractivity contribution is 7.80. The molecule has 154 valence electrons. The first-order valence-electron chi connectivity index (χ1n) is 9.45. The predicted octanol–water partition coefficient (Wildman–Crippen LogP) is 3.13. The first-order chi connectivity index (χ1) is 14.5. The summed E-state index contributed by atoms with van der Waals surface area (Å²) in [6.45, 7) is 2.06. The highest BCUT2D eigenvalue weighted by Gasteiger charge is 2.40. The van der Waals surface area contributed by atoms with Crippen molar-refractivity contribution in [3.05, 3.63) is 59.3 Å². The third kappa shape index (κ3) is 3.61. The molecule has 1 fully saturated rings. The van der Waals surface area contributed by atoms with Crippen molar-refractivity contribution in [2.24, 2.45) is 0 Å². The van der Waals surface area contributed by atoms with Gasteiger partial charge in [-0.15, -0.1) is 0 Å². The number of hydrogen-bond acceptors (Lipinski definition) is 6. The summed E-state index contributed by atoms with van der Waals surface area (Å²) in [5.74, 6) is 0.439. The standard InChI is InChI=1S/C22H20N2O5S/c1-3-14-4-7-16(8-5-14)24-21(26)17(23(22(24)30)12-20(25)27-2)10-15-6-9-18-19(11-15)29-13-28-18/h4-11H,3,12-13H2,1-2H3. The summed E-state index contributed by atoms with van der Waals surface area (Å²) in [5.41, 5.74) is 2.80. The molecule has 1 amide bonds. The van der Waals surface area contributed by atoms with Gasteiger partial charge in [-0.2, -0.15) is 0 Å². The summed E-state index contributed by atoms with van der Waals surface area (Å²) in [6, 6.07) is 13.0. The number of anilines is 1. The second kappa shape index (κ2) is 8.16. The number of aryl methyl sites for hydroxylation is 1. The van der Waals surface area contributed by atoms with E-state index in [0.29, 0.717) is 17.2 Å². The number of amides is 1. The lowest BCUT2D eigenvalue weighted by molar-refractivity contribution is -0.140. The minimum atomic E-state index is -0.495. The van der Waals surface area contributed by atoms with Crippen LogP contribution < -0.4 is 14.4 Å². The number of carbonyl (C=O) groups is 2. The molecule has 8 heteroatoms. The van der Waals surface area contributed by atoms with E-state index in [0.717, 1.165) is 17.5 Å². The second-order valence-electron chi connectivity index (χ2n) is 6.75. The van der Waals surface area contributed by atoms with Crippen molar-refractivity contribution in [1.29, 1.82) is 0 Å². The van der Waals surface area contributed by atoms with Crippen molar-refractivity contribution in [1.82, 2.24) is 4.90 Å². The van der Waals surface area contributed by atoms with Crippen LogP contribution in [0.3, 0.4) is 0 Å². The Morgan fingerprint density at radius 3 is 2.60 bits per heavy atom. The normalized spacial score (nSPS) is 16.5. The summed E-state index contributed by atoms with van der Waals surface area (Å²) in [6.07, 6.45) is 2.57. The molecular formula is C22H20N2O5S. The van der Waals surface area contributed by atoms with Crippen molar-refractivity contribution in [3.8, 4) is 11.5 Å². The smallest absolute Gasteiger partial charge is 0.325 e. The van der Waals surface area contributed by atoms with Crippen molar-refractivity contribution < 1.29 is 23.8 Å². The first kappa shape index (κ1) is 19.9. The Kier molecular flexibility index (Phi) is 5.41. The number of benzene rings is 2. The second-order valence-corrected chi connectivity index (χ2v) is 7.11. The van der Waals surface area contributed by atoms with Crippen molar-refractivity contribution >= 4 is 41.0 Å². The van der Waals surface area contributed by atoms with Gasteiger partial charge < -0.3 is 19.1 Å². The number of thiocarbonyl (C=S) groups is 1. The molecule has 2 aromatic carbocycles. The van der Waals surface area contributed by atoms with Gasteiger partial charge in [0.2, 0.25) is 6.79 Å². The molecule has 2 aliphatic rings.